The van der Waals surface area contributed by atoms with Crippen molar-refractivity contribution in [3.63, 3.8) is 0 Å². The van der Waals surface area contributed by atoms with E-state index in [9.17, 15) is 9.90 Å². The summed E-state index contributed by atoms with van der Waals surface area (Å²) >= 11 is 0. The fraction of sp³-hybridized carbons (Fsp3) is 0.688. The molecule has 1 aromatic rings. The van der Waals surface area contributed by atoms with Gasteiger partial charge in [0.25, 0.3) is 0 Å². The predicted molar refractivity (Wildman–Crippen MR) is 86.4 cm³/mol. The lowest BCUT2D eigenvalue weighted by Gasteiger charge is -2.33. The first-order valence-electron chi connectivity index (χ1n) is 7.85. The van der Waals surface area contributed by atoms with E-state index in [1.165, 1.54) is 6.07 Å². The van der Waals surface area contributed by atoms with Crippen LogP contribution < -0.4 is 5.43 Å². The normalized spacial score (nSPS) is 17.0. The summed E-state index contributed by atoms with van der Waals surface area (Å²) in [7, 11) is 3.79. The molecule has 0 amide bonds. The maximum atomic E-state index is 11.9. The van der Waals surface area contributed by atoms with Gasteiger partial charge in [0.05, 0.1) is 5.69 Å². The first-order chi connectivity index (χ1) is 10.5. The van der Waals surface area contributed by atoms with Crippen molar-refractivity contribution in [1.82, 2.24) is 14.4 Å². The summed E-state index contributed by atoms with van der Waals surface area (Å²) in [6, 6.07) is 1.51. The van der Waals surface area contributed by atoms with Crippen molar-refractivity contribution in [2.24, 2.45) is 0 Å². The molecule has 22 heavy (non-hydrogen) atoms. The number of aryl methyl sites for hydroxylation is 1. The van der Waals surface area contributed by atoms with E-state index in [0.29, 0.717) is 13.2 Å². The Balaban J connectivity index is 2.21. The zero-order valence-electron chi connectivity index (χ0n) is 13.8. The number of piperazine rings is 1. The van der Waals surface area contributed by atoms with E-state index in [1.807, 2.05) is 11.5 Å². The molecule has 1 aliphatic rings. The van der Waals surface area contributed by atoms with Crippen molar-refractivity contribution < 1.29 is 9.84 Å². The number of aromatic hydroxyl groups is 1. The number of rotatable bonds is 6. The zero-order valence-corrected chi connectivity index (χ0v) is 13.8. The third kappa shape index (κ3) is 4.09. The smallest absolute Gasteiger partial charge is 0.223 e. The number of nitrogens with zero attached hydrogens (tertiary/aromatic N) is 3. The van der Waals surface area contributed by atoms with Crippen LogP contribution in [0, 0.1) is 6.92 Å². The van der Waals surface area contributed by atoms with E-state index in [-0.39, 0.29) is 11.2 Å². The molecule has 0 radical (unpaired) electrons. The fourth-order valence-electron chi connectivity index (χ4n) is 2.88. The lowest BCUT2D eigenvalue weighted by molar-refractivity contribution is 0.143. The van der Waals surface area contributed by atoms with Crippen molar-refractivity contribution in [3.05, 3.63) is 27.7 Å². The highest BCUT2D eigenvalue weighted by Crippen LogP contribution is 2.18. The Labute approximate surface area is 131 Å². The highest BCUT2D eigenvalue weighted by atomic mass is 16.5. The van der Waals surface area contributed by atoms with E-state index in [1.54, 1.807) is 7.11 Å². The molecule has 1 saturated heterocycles. The summed E-state index contributed by atoms with van der Waals surface area (Å²) in [6.07, 6.45) is 0.857. The van der Waals surface area contributed by atoms with Crippen LogP contribution in [0.5, 0.6) is 5.75 Å². The lowest BCUT2D eigenvalue weighted by atomic mass is 10.2. The van der Waals surface area contributed by atoms with Gasteiger partial charge in [0.1, 0.15) is 0 Å². The average molecular weight is 309 g/mol. The van der Waals surface area contributed by atoms with Gasteiger partial charge in [-0.2, -0.15) is 0 Å². The van der Waals surface area contributed by atoms with Gasteiger partial charge in [0, 0.05) is 64.7 Å². The van der Waals surface area contributed by atoms with E-state index in [4.69, 9.17) is 4.74 Å². The number of methoxy groups -OCH3 is 1. The molecule has 0 aromatic carbocycles. The Hall–Kier alpha value is -1.37. The summed E-state index contributed by atoms with van der Waals surface area (Å²) in [5, 5.41) is 10.2. The summed E-state index contributed by atoms with van der Waals surface area (Å²) in [6.45, 7) is 7.88. The predicted octanol–water partition coefficient (Wildman–Crippen LogP) is 0.646. The van der Waals surface area contributed by atoms with Crippen LogP contribution in [-0.2, 0) is 17.8 Å². The van der Waals surface area contributed by atoms with Crippen LogP contribution in [0.25, 0.3) is 0 Å². The Morgan fingerprint density at radius 1 is 1.27 bits per heavy atom. The van der Waals surface area contributed by atoms with Crippen LogP contribution in [0.3, 0.4) is 0 Å². The molecule has 0 atom stereocenters. The van der Waals surface area contributed by atoms with Crippen LogP contribution in [0.4, 0.5) is 0 Å². The highest BCUT2D eigenvalue weighted by Gasteiger charge is 2.19. The van der Waals surface area contributed by atoms with E-state index < -0.39 is 0 Å². The molecule has 6 nitrogen and oxygen atoms in total. The Kier molecular flexibility index (Phi) is 5.99. The summed E-state index contributed by atoms with van der Waals surface area (Å²) in [5.74, 6) is -0.109. The van der Waals surface area contributed by atoms with Gasteiger partial charge < -0.3 is 19.3 Å². The lowest BCUT2D eigenvalue weighted by Crippen LogP contribution is -2.44. The van der Waals surface area contributed by atoms with Crippen molar-refractivity contribution in [2.45, 2.75) is 26.4 Å². The summed E-state index contributed by atoms with van der Waals surface area (Å²) in [5.41, 5.74) is 1.33. The van der Waals surface area contributed by atoms with Crippen molar-refractivity contribution in [1.29, 1.82) is 0 Å². The summed E-state index contributed by atoms with van der Waals surface area (Å²) in [4.78, 5) is 16.5. The minimum atomic E-state index is -0.287. The fourth-order valence-corrected chi connectivity index (χ4v) is 2.88. The maximum Gasteiger partial charge on any atom is 0.223 e. The first kappa shape index (κ1) is 17.0. The van der Waals surface area contributed by atoms with Gasteiger partial charge in [-0.15, -0.1) is 0 Å². The van der Waals surface area contributed by atoms with Crippen molar-refractivity contribution >= 4 is 0 Å². The first-order valence-corrected chi connectivity index (χ1v) is 7.85. The SMILES string of the molecule is COCCCn1c(C)cc(=O)c(O)c1CN1CCN(C)CC1. The van der Waals surface area contributed by atoms with Gasteiger partial charge in [-0.1, -0.05) is 0 Å². The number of ether oxygens (including phenoxy) is 1. The monoisotopic (exact) mass is 309 g/mol. The number of hydrogen-bond donors (Lipinski definition) is 1. The molecule has 1 N–H and O–H groups in total. The minimum Gasteiger partial charge on any atom is -0.503 e. The molecule has 1 aliphatic heterocycles. The molecule has 1 fully saturated rings. The van der Waals surface area contributed by atoms with Gasteiger partial charge >= 0.3 is 0 Å². The topological polar surface area (TPSA) is 57.9 Å². The average Bonchev–Trinajstić information content (AvgIpc) is 2.49. The van der Waals surface area contributed by atoms with Crippen molar-refractivity contribution in [2.75, 3.05) is 46.9 Å². The Bertz CT molecular complexity index is 548. The van der Waals surface area contributed by atoms with E-state index >= 15 is 0 Å². The van der Waals surface area contributed by atoms with Crippen LogP contribution in [0.1, 0.15) is 17.8 Å². The molecular weight excluding hydrogens is 282 g/mol. The molecule has 6 heteroatoms. The molecule has 124 valence electrons. The van der Waals surface area contributed by atoms with Gasteiger partial charge in [-0.05, 0) is 20.4 Å². The molecule has 1 aromatic heterocycles. The van der Waals surface area contributed by atoms with Gasteiger partial charge in [-0.25, -0.2) is 0 Å². The quantitative estimate of drug-likeness (QED) is 0.782. The molecule has 0 unspecified atom stereocenters. The third-order valence-electron chi connectivity index (χ3n) is 4.30. The second kappa shape index (κ2) is 7.76. The van der Waals surface area contributed by atoms with E-state index in [0.717, 1.165) is 50.5 Å². The summed E-state index contributed by atoms with van der Waals surface area (Å²) < 4.78 is 7.16. The molecule has 0 aliphatic carbocycles. The molecule has 0 spiro atoms. The molecule has 0 saturated carbocycles. The standard InChI is InChI=1S/C16H27N3O3/c1-13-11-15(20)16(21)14(19(13)5-4-10-22-3)12-18-8-6-17(2)7-9-18/h11,21H,4-10,12H2,1-3H3. The number of pyridine rings is 1. The molecule has 2 heterocycles. The van der Waals surface area contributed by atoms with Crippen LogP contribution >= 0.6 is 0 Å². The zero-order chi connectivity index (χ0) is 16.1. The number of hydrogen-bond acceptors (Lipinski definition) is 5. The second-order valence-electron chi connectivity index (χ2n) is 6.02. The number of aromatic nitrogens is 1. The van der Waals surface area contributed by atoms with E-state index in [2.05, 4.69) is 16.8 Å². The van der Waals surface area contributed by atoms with Crippen LogP contribution in [-0.4, -0.2) is 66.4 Å². The molecular formula is C16H27N3O3. The maximum absolute atomic E-state index is 11.9. The van der Waals surface area contributed by atoms with Crippen molar-refractivity contribution in [3.8, 4) is 5.75 Å². The molecule has 0 bridgehead atoms. The van der Waals surface area contributed by atoms with Gasteiger partial charge in [0.15, 0.2) is 5.75 Å². The van der Waals surface area contributed by atoms with Crippen LogP contribution in [0.15, 0.2) is 10.9 Å². The Morgan fingerprint density at radius 3 is 2.59 bits per heavy atom. The van der Waals surface area contributed by atoms with Gasteiger partial charge in [-0.3, -0.25) is 9.69 Å². The number of likely N-dealkylation sites (N-methyl/N-ethyl adjacent to an activating group) is 1. The third-order valence-corrected chi connectivity index (χ3v) is 4.30. The Morgan fingerprint density at radius 2 is 1.95 bits per heavy atom. The van der Waals surface area contributed by atoms with Crippen LogP contribution in [0.2, 0.25) is 0 Å². The molecule has 2 rings (SSSR count). The second-order valence-corrected chi connectivity index (χ2v) is 6.02. The minimum absolute atomic E-state index is 0.109. The highest BCUT2D eigenvalue weighted by molar-refractivity contribution is 5.29. The van der Waals surface area contributed by atoms with Gasteiger partial charge in [0.2, 0.25) is 5.43 Å². The largest absolute Gasteiger partial charge is 0.503 e.